The van der Waals surface area contributed by atoms with Gasteiger partial charge in [-0.05, 0) is 6.07 Å². The van der Waals surface area contributed by atoms with Crippen LogP contribution in [0.5, 0.6) is 0 Å². The molecule has 0 saturated carbocycles. The molecule has 0 aliphatic rings. The molecule has 0 bridgehead atoms. The Morgan fingerprint density at radius 2 is 2.24 bits per heavy atom. The van der Waals surface area contributed by atoms with Crippen LogP contribution in [0.3, 0.4) is 0 Å². The Morgan fingerprint density at radius 1 is 1.47 bits per heavy atom. The molecular formula is C12H15N3OS. The second kappa shape index (κ2) is 5.25. The van der Waals surface area contributed by atoms with Crippen molar-refractivity contribution in [1.82, 2.24) is 9.78 Å². The van der Waals surface area contributed by atoms with E-state index in [9.17, 15) is 5.11 Å². The van der Waals surface area contributed by atoms with Gasteiger partial charge in [-0.3, -0.25) is 4.68 Å². The van der Waals surface area contributed by atoms with Gasteiger partial charge in [-0.15, -0.1) is 11.8 Å². The quantitative estimate of drug-likeness (QED) is 0.641. The number of aryl methyl sites for hydroxylation is 1. The van der Waals surface area contributed by atoms with Gasteiger partial charge in [0.1, 0.15) is 0 Å². The van der Waals surface area contributed by atoms with Crippen molar-refractivity contribution in [2.75, 3.05) is 11.5 Å². The van der Waals surface area contributed by atoms with Crippen molar-refractivity contribution in [3.8, 4) is 0 Å². The minimum Gasteiger partial charge on any atom is -0.398 e. The largest absolute Gasteiger partial charge is 0.398 e. The molecule has 0 aliphatic heterocycles. The third-order valence-electron chi connectivity index (χ3n) is 2.44. The Morgan fingerprint density at radius 3 is 2.88 bits per heavy atom. The lowest BCUT2D eigenvalue weighted by atomic mass is 10.1. The predicted molar refractivity (Wildman–Crippen MR) is 69.7 cm³/mol. The highest BCUT2D eigenvalue weighted by atomic mass is 32.2. The molecule has 0 fully saturated rings. The summed E-state index contributed by atoms with van der Waals surface area (Å²) in [4.78, 5) is 1.04. The van der Waals surface area contributed by atoms with E-state index in [1.165, 1.54) is 0 Å². The van der Waals surface area contributed by atoms with Crippen molar-refractivity contribution in [2.24, 2.45) is 7.05 Å². The summed E-state index contributed by atoms with van der Waals surface area (Å²) in [6.07, 6.45) is 3.15. The molecule has 17 heavy (non-hydrogen) atoms. The van der Waals surface area contributed by atoms with E-state index in [1.54, 1.807) is 28.7 Å². The Bertz CT molecular complexity index is 498. The van der Waals surface area contributed by atoms with Gasteiger partial charge < -0.3 is 10.8 Å². The summed E-state index contributed by atoms with van der Waals surface area (Å²) in [5, 5.41) is 14.1. The number of para-hydroxylation sites is 1. The van der Waals surface area contributed by atoms with Crippen molar-refractivity contribution < 1.29 is 5.11 Å². The van der Waals surface area contributed by atoms with Gasteiger partial charge >= 0.3 is 0 Å². The maximum Gasteiger partial charge on any atom is 0.0903 e. The first kappa shape index (κ1) is 12.0. The molecule has 1 unspecified atom stereocenters. The standard InChI is InChI=1S/C12H15N3OS/c1-15-7-9(6-14-15)17-8-12(16)10-4-2-3-5-11(10)13/h2-7,12,16H,8,13H2,1H3. The number of aliphatic hydroxyl groups excluding tert-OH is 1. The number of aromatic nitrogens is 2. The van der Waals surface area contributed by atoms with E-state index in [-0.39, 0.29) is 0 Å². The minimum absolute atomic E-state index is 0.554. The molecule has 2 aromatic rings. The van der Waals surface area contributed by atoms with Crippen LogP contribution in [0.4, 0.5) is 5.69 Å². The van der Waals surface area contributed by atoms with Crippen molar-refractivity contribution in [2.45, 2.75) is 11.0 Å². The molecule has 0 amide bonds. The fourth-order valence-corrected chi connectivity index (χ4v) is 2.43. The van der Waals surface area contributed by atoms with E-state index in [2.05, 4.69) is 5.10 Å². The summed E-state index contributed by atoms with van der Waals surface area (Å²) < 4.78 is 1.74. The lowest BCUT2D eigenvalue weighted by Crippen LogP contribution is -2.04. The highest BCUT2D eigenvalue weighted by Crippen LogP contribution is 2.26. The highest BCUT2D eigenvalue weighted by Gasteiger charge is 2.11. The van der Waals surface area contributed by atoms with Gasteiger partial charge in [0.05, 0.1) is 12.3 Å². The molecule has 0 radical (unpaired) electrons. The summed E-state index contributed by atoms with van der Waals surface area (Å²) in [7, 11) is 1.87. The van der Waals surface area contributed by atoms with E-state index >= 15 is 0 Å². The Balaban J connectivity index is 1.98. The topological polar surface area (TPSA) is 64.1 Å². The molecule has 5 heteroatoms. The fourth-order valence-electron chi connectivity index (χ4n) is 1.55. The molecular weight excluding hydrogens is 234 g/mol. The van der Waals surface area contributed by atoms with Gasteiger partial charge in [0.15, 0.2) is 0 Å². The van der Waals surface area contributed by atoms with Crippen molar-refractivity contribution in [1.29, 1.82) is 0 Å². The van der Waals surface area contributed by atoms with Crippen molar-refractivity contribution in [3.05, 3.63) is 42.2 Å². The summed E-state index contributed by atoms with van der Waals surface area (Å²) in [5.74, 6) is 0.569. The number of nitrogens with zero attached hydrogens (tertiary/aromatic N) is 2. The normalized spacial score (nSPS) is 12.6. The number of nitrogen functional groups attached to an aromatic ring is 1. The summed E-state index contributed by atoms with van der Waals surface area (Å²) in [6, 6.07) is 7.39. The van der Waals surface area contributed by atoms with Crippen LogP contribution in [-0.2, 0) is 7.05 Å². The lowest BCUT2D eigenvalue weighted by molar-refractivity contribution is 0.205. The molecule has 1 atom stereocenters. The molecule has 0 saturated heterocycles. The average molecular weight is 249 g/mol. The maximum absolute atomic E-state index is 10.0. The van der Waals surface area contributed by atoms with E-state index in [4.69, 9.17) is 5.73 Å². The smallest absolute Gasteiger partial charge is 0.0903 e. The van der Waals surface area contributed by atoms with Crippen LogP contribution < -0.4 is 5.73 Å². The zero-order chi connectivity index (χ0) is 12.3. The predicted octanol–water partition coefficient (Wildman–Crippen LogP) is 1.83. The highest BCUT2D eigenvalue weighted by molar-refractivity contribution is 7.99. The molecule has 2 rings (SSSR count). The average Bonchev–Trinajstić information content (AvgIpc) is 2.73. The number of benzene rings is 1. The lowest BCUT2D eigenvalue weighted by Gasteiger charge is -2.12. The fraction of sp³-hybridized carbons (Fsp3) is 0.250. The van der Waals surface area contributed by atoms with Crippen LogP contribution in [0, 0.1) is 0 Å². The van der Waals surface area contributed by atoms with Gasteiger partial charge in [0, 0.05) is 35.1 Å². The Hall–Kier alpha value is -1.46. The number of rotatable bonds is 4. The first-order chi connectivity index (χ1) is 8.16. The van der Waals surface area contributed by atoms with E-state index in [0.29, 0.717) is 11.4 Å². The van der Waals surface area contributed by atoms with Crippen LogP contribution in [0.15, 0.2) is 41.6 Å². The van der Waals surface area contributed by atoms with Crippen molar-refractivity contribution in [3.63, 3.8) is 0 Å². The molecule has 3 N–H and O–H groups in total. The molecule has 0 aliphatic carbocycles. The number of anilines is 1. The summed E-state index contributed by atoms with van der Waals surface area (Å²) in [5.41, 5.74) is 7.22. The number of aliphatic hydroxyl groups is 1. The third-order valence-corrected chi connectivity index (χ3v) is 3.47. The van der Waals surface area contributed by atoms with Gasteiger partial charge in [-0.2, -0.15) is 5.10 Å². The maximum atomic E-state index is 10.0. The molecule has 90 valence electrons. The number of nitrogens with two attached hydrogens (primary N) is 1. The van der Waals surface area contributed by atoms with Crippen molar-refractivity contribution >= 4 is 17.4 Å². The number of hydrogen-bond donors (Lipinski definition) is 2. The zero-order valence-corrected chi connectivity index (χ0v) is 10.4. The molecule has 4 nitrogen and oxygen atoms in total. The van der Waals surface area contributed by atoms with Gasteiger partial charge in [0.2, 0.25) is 0 Å². The summed E-state index contributed by atoms with van der Waals surface area (Å²) in [6.45, 7) is 0. The first-order valence-electron chi connectivity index (χ1n) is 5.30. The zero-order valence-electron chi connectivity index (χ0n) is 9.58. The molecule has 1 aromatic carbocycles. The van der Waals surface area contributed by atoms with Gasteiger partial charge in [-0.1, -0.05) is 18.2 Å². The van der Waals surface area contributed by atoms with E-state index in [0.717, 1.165) is 10.5 Å². The summed E-state index contributed by atoms with van der Waals surface area (Å²) >= 11 is 1.56. The van der Waals surface area contributed by atoms with Crippen LogP contribution in [-0.4, -0.2) is 20.6 Å². The second-order valence-corrected chi connectivity index (χ2v) is 4.90. The SMILES string of the molecule is Cn1cc(SCC(O)c2ccccc2N)cn1. The monoisotopic (exact) mass is 249 g/mol. The van der Waals surface area contributed by atoms with E-state index in [1.807, 2.05) is 31.4 Å². The minimum atomic E-state index is -0.554. The van der Waals surface area contributed by atoms with Crippen LogP contribution >= 0.6 is 11.8 Å². The Kier molecular flexibility index (Phi) is 3.71. The molecule has 1 aromatic heterocycles. The number of thioether (sulfide) groups is 1. The molecule has 1 heterocycles. The Labute approximate surface area is 104 Å². The first-order valence-corrected chi connectivity index (χ1v) is 6.29. The second-order valence-electron chi connectivity index (χ2n) is 3.81. The van der Waals surface area contributed by atoms with Gasteiger partial charge in [0.25, 0.3) is 0 Å². The number of hydrogen-bond acceptors (Lipinski definition) is 4. The van der Waals surface area contributed by atoms with E-state index < -0.39 is 6.10 Å². The van der Waals surface area contributed by atoms with Crippen LogP contribution in [0.1, 0.15) is 11.7 Å². The van der Waals surface area contributed by atoms with Crippen LogP contribution in [0.2, 0.25) is 0 Å². The van der Waals surface area contributed by atoms with Crippen LogP contribution in [0.25, 0.3) is 0 Å². The third kappa shape index (κ3) is 3.01. The van der Waals surface area contributed by atoms with Gasteiger partial charge in [-0.25, -0.2) is 0 Å². The molecule has 0 spiro atoms.